The van der Waals surface area contributed by atoms with E-state index in [1.54, 1.807) is 4.90 Å². The first-order valence-electron chi connectivity index (χ1n) is 7.38. The average molecular weight is 278 g/mol. The van der Waals surface area contributed by atoms with Crippen LogP contribution in [0.2, 0.25) is 0 Å². The molecule has 0 aliphatic rings. The van der Waals surface area contributed by atoms with Gasteiger partial charge in [0.25, 0.3) is 0 Å². The van der Waals surface area contributed by atoms with E-state index in [1.807, 2.05) is 32.2 Å². The quantitative estimate of drug-likeness (QED) is 0.833. The summed E-state index contributed by atoms with van der Waals surface area (Å²) in [5, 5.41) is 2.91. The third-order valence-electron chi connectivity index (χ3n) is 3.39. The van der Waals surface area contributed by atoms with Crippen molar-refractivity contribution in [1.82, 2.24) is 15.2 Å². The zero-order chi connectivity index (χ0) is 15.0. The Hall–Kier alpha value is -1.78. The molecular weight excluding hydrogens is 252 g/mol. The van der Waals surface area contributed by atoms with Crippen molar-refractivity contribution in [3.63, 3.8) is 0 Å². The number of amides is 2. The van der Waals surface area contributed by atoms with Crippen molar-refractivity contribution in [2.75, 3.05) is 31.1 Å². The highest BCUT2D eigenvalue weighted by Crippen LogP contribution is 2.10. The summed E-state index contributed by atoms with van der Waals surface area (Å²) in [5.41, 5.74) is 1.02. The van der Waals surface area contributed by atoms with E-state index in [2.05, 4.69) is 29.0 Å². The number of nitrogens with zero attached hydrogens (tertiary/aromatic N) is 3. The highest BCUT2D eigenvalue weighted by atomic mass is 16.2. The summed E-state index contributed by atoms with van der Waals surface area (Å²) in [4.78, 5) is 20.2. The minimum absolute atomic E-state index is 0.0252. The van der Waals surface area contributed by atoms with Gasteiger partial charge in [0.1, 0.15) is 5.82 Å². The Morgan fingerprint density at radius 1 is 1.10 bits per heavy atom. The van der Waals surface area contributed by atoms with Crippen LogP contribution in [0, 0.1) is 0 Å². The lowest BCUT2D eigenvalue weighted by Crippen LogP contribution is -2.39. The van der Waals surface area contributed by atoms with Crippen LogP contribution in [0.1, 0.15) is 33.3 Å². The van der Waals surface area contributed by atoms with Crippen LogP contribution in [-0.4, -0.2) is 42.1 Å². The van der Waals surface area contributed by atoms with Crippen LogP contribution >= 0.6 is 0 Å². The van der Waals surface area contributed by atoms with Crippen molar-refractivity contribution in [2.45, 2.75) is 34.2 Å². The van der Waals surface area contributed by atoms with Crippen LogP contribution in [0.15, 0.2) is 18.3 Å². The van der Waals surface area contributed by atoms with Gasteiger partial charge in [-0.15, -0.1) is 0 Å². The van der Waals surface area contributed by atoms with E-state index in [9.17, 15) is 4.79 Å². The first kappa shape index (κ1) is 16.3. The van der Waals surface area contributed by atoms with Gasteiger partial charge in [-0.25, -0.2) is 9.78 Å². The number of carbonyl (C=O) groups is 1. The molecule has 20 heavy (non-hydrogen) atoms. The fourth-order valence-corrected chi connectivity index (χ4v) is 2.06. The second-order valence-electron chi connectivity index (χ2n) is 4.53. The lowest BCUT2D eigenvalue weighted by atomic mass is 10.2. The van der Waals surface area contributed by atoms with E-state index in [1.165, 1.54) is 0 Å². The molecule has 1 heterocycles. The van der Waals surface area contributed by atoms with Crippen LogP contribution in [0.4, 0.5) is 10.6 Å². The van der Waals surface area contributed by atoms with Gasteiger partial charge in [0.15, 0.2) is 0 Å². The van der Waals surface area contributed by atoms with Gasteiger partial charge in [0.05, 0.1) is 0 Å². The third-order valence-corrected chi connectivity index (χ3v) is 3.39. The number of urea groups is 1. The Labute approximate surface area is 122 Å². The highest BCUT2D eigenvalue weighted by molar-refractivity contribution is 5.74. The number of rotatable bonds is 7. The summed E-state index contributed by atoms with van der Waals surface area (Å²) >= 11 is 0. The molecule has 0 spiro atoms. The van der Waals surface area contributed by atoms with E-state index < -0.39 is 0 Å². The molecule has 0 radical (unpaired) electrons. The predicted molar refractivity (Wildman–Crippen MR) is 83.0 cm³/mol. The van der Waals surface area contributed by atoms with Crippen molar-refractivity contribution in [3.05, 3.63) is 23.9 Å². The maximum absolute atomic E-state index is 11.8. The van der Waals surface area contributed by atoms with E-state index in [-0.39, 0.29) is 6.03 Å². The Morgan fingerprint density at radius 2 is 1.75 bits per heavy atom. The molecule has 5 nitrogen and oxygen atoms in total. The van der Waals surface area contributed by atoms with Crippen molar-refractivity contribution >= 4 is 11.8 Å². The molecule has 0 saturated carbocycles. The zero-order valence-electron chi connectivity index (χ0n) is 13.0. The smallest absolute Gasteiger partial charge is 0.317 e. The molecule has 0 saturated heterocycles. The van der Waals surface area contributed by atoms with Crippen molar-refractivity contribution in [2.24, 2.45) is 0 Å². The van der Waals surface area contributed by atoms with Crippen LogP contribution in [0.3, 0.4) is 0 Å². The Bertz CT molecular complexity index is 397. The number of hydrogen-bond donors (Lipinski definition) is 1. The number of carbonyl (C=O) groups excluding carboxylic acids is 1. The van der Waals surface area contributed by atoms with Crippen molar-refractivity contribution < 1.29 is 4.79 Å². The molecule has 1 rings (SSSR count). The van der Waals surface area contributed by atoms with E-state index in [0.717, 1.165) is 37.6 Å². The number of hydrogen-bond acceptors (Lipinski definition) is 3. The van der Waals surface area contributed by atoms with E-state index in [0.29, 0.717) is 6.54 Å². The minimum atomic E-state index is -0.0252. The van der Waals surface area contributed by atoms with Gasteiger partial charge in [-0.3, -0.25) is 0 Å². The maximum atomic E-state index is 11.8. The van der Waals surface area contributed by atoms with Gasteiger partial charge < -0.3 is 15.1 Å². The molecule has 0 bridgehead atoms. The molecule has 1 aromatic heterocycles. The molecule has 0 aliphatic carbocycles. The summed E-state index contributed by atoms with van der Waals surface area (Å²) in [6.45, 7) is 12.0. The molecule has 0 aliphatic heterocycles. The topological polar surface area (TPSA) is 48.5 Å². The number of aromatic nitrogens is 1. The molecule has 0 fully saturated rings. The maximum Gasteiger partial charge on any atom is 0.317 e. The summed E-state index contributed by atoms with van der Waals surface area (Å²) in [5.74, 6) is 0.980. The number of anilines is 1. The van der Waals surface area contributed by atoms with Gasteiger partial charge in [0.2, 0.25) is 0 Å². The largest absolute Gasteiger partial charge is 0.357 e. The molecule has 0 atom stereocenters. The van der Waals surface area contributed by atoms with Crippen molar-refractivity contribution in [3.8, 4) is 0 Å². The first-order valence-corrected chi connectivity index (χ1v) is 7.38. The molecule has 5 heteroatoms. The highest BCUT2D eigenvalue weighted by Gasteiger charge is 2.08. The first-order chi connectivity index (χ1) is 9.65. The Kier molecular flexibility index (Phi) is 6.84. The van der Waals surface area contributed by atoms with Crippen LogP contribution in [-0.2, 0) is 6.54 Å². The van der Waals surface area contributed by atoms with Gasteiger partial charge in [-0.05, 0) is 39.3 Å². The SMILES string of the molecule is CCN(CC)C(=O)NCc1ccc(N(CC)CC)nc1. The predicted octanol–water partition coefficient (Wildman–Crippen LogP) is 2.48. The molecule has 1 N–H and O–H groups in total. The van der Waals surface area contributed by atoms with Crippen LogP contribution in [0.25, 0.3) is 0 Å². The van der Waals surface area contributed by atoms with Gasteiger partial charge in [0, 0.05) is 38.9 Å². The summed E-state index contributed by atoms with van der Waals surface area (Å²) in [7, 11) is 0. The fraction of sp³-hybridized carbons (Fsp3) is 0.600. The molecular formula is C15H26N4O. The Balaban J connectivity index is 2.55. The van der Waals surface area contributed by atoms with Crippen LogP contribution in [0.5, 0.6) is 0 Å². The fourth-order valence-electron chi connectivity index (χ4n) is 2.06. The minimum Gasteiger partial charge on any atom is -0.357 e. The summed E-state index contributed by atoms with van der Waals surface area (Å²) in [6, 6.07) is 4.00. The monoisotopic (exact) mass is 278 g/mol. The second-order valence-corrected chi connectivity index (χ2v) is 4.53. The van der Waals surface area contributed by atoms with E-state index >= 15 is 0 Å². The van der Waals surface area contributed by atoms with Crippen molar-refractivity contribution in [1.29, 1.82) is 0 Å². The molecule has 1 aromatic rings. The number of pyridine rings is 1. The molecule has 112 valence electrons. The summed E-state index contributed by atoms with van der Waals surface area (Å²) in [6.07, 6.45) is 1.83. The standard InChI is InChI=1S/C15H26N4O/c1-5-18(6-2)14-10-9-13(11-16-14)12-17-15(20)19(7-3)8-4/h9-11H,5-8,12H2,1-4H3,(H,17,20). The number of nitrogens with one attached hydrogen (secondary N) is 1. The Morgan fingerprint density at radius 3 is 2.20 bits per heavy atom. The lowest BCUT2D eigenvalue weighted by Gasteiger charge is -2.20. The lowest BCUT2D eigenvalue weighted by molar-refractivity contribution is 0.203. The molecule has 0 unspecified atom stereocenters. The van der Waals surface area contributed by atoms with Crippen LogP contribution < -0.4 is 10.2 Å². The molecule has 0 aromatic carbocycles. The van der Waals surface area contributed by atoms with Gasteiger partial charge >= 0.3 is 6.03 Å². The van der Waals surface area contributed by atoms with E-state index in [4.69, 9.17) is 0 Å². The average Bonchev–Trinajstić information content (AvgIpc) is 2.49. The van der Waals surface area contributed by atoms with Gasteiger partial charge in [-0.1, -0.05) is 6.07 Å². The second kappa shape index (κ2) is 8.40. The molecule has 2 amide bonds. The normalized spacial score (nSPS) is 10.2. The van der Waals surface area contributed by atoms with Gasteiger partial charge in [-0.2, -0.15) is 0 Å². The summed E-state index contributed by atoms with van der Waals surface area (Å²) < 4.78 is 0. The third kappa shape index (κ3) is 4.40. The zero-order valence-corrected chi connectivity index (χ0v) is 13.0.